The van der Waals surface area contributed by atoms with E-state index in [-0.39, 0.29) is 16.5 Å². The molecule has 2 rings (SSSR count). The summed E-state index contributed by atoms with van der Waals surface area (Å²) in [5.41, 5.74) is 6.33. The fourth-order valence-electron chi connectivity index (χ4n) is 2.15. The zero-order valence-corrected chi connectivity index (χ0v) is 15.4. The van der Waals surface area contributed by atoms with Gasteiger partial charge < -0.3 is 20.9 Å². The fourth-order valence-corrected chi connectivity index (χ4v) is 2.30. The van der Waals surface area contributed by atoms with Gasteiger partial charge in [0.05, 0.1) is 0 Å². The topological polar surface area (TPSA) is 115 Å². The van der Waals surface area contributed by atoms with E-state index in [1.54, 1.807) is 45.0 Å². The maximum absolute atomic E-state index is 12.1. The molecule has 0 aliphatic rings. The van der Waals surface area contributed by atoms with Crippen molar-refractivity contribution in [3.8, 4) is 0 Å². The van der Waals surface area contributed by atoms with Crippen molar-refractivity contribution < 1.29 is 19.4 Å². The van der Waals surface area contributed by atoms with Gasteiger partial charge in [-0.3, -0.25) is 0 Å². The average molecular weight is 378 g/mol. The minimum absolute atomic E-state index is 0.0313. The number of ether oxygens (including phenoxy) is 1. The fraction of sp³-hybridized carbons (Fsp3) is 0.278. The van der Waals surface area contributed by atoms with Crippen LogP contribution in [-0.2, 0) is 9.53 Å². The number of carboxylic acids is 1. The number of benzene rings is 1. The summed E-state index contributed by atoms with van der Waals surface area (Å²) in [7, 11) is 0. The number of hydrogen-bond donors (Lipinski definition) is 3. The third kappa shape index (κ3) is 5.18. The molecule has 1 heterocycles. The molecule has 7 nitrogen and oxygen atoms in total. The van der Waals surface area contributed by atoms with E-state index in [0.717, 1.165) is 0 Å². The van der Waals surface area contributed by atoms with Crippen molar-refractivity contribution in [2.45, 2.75) is 32.4 Å². The van der Waals surface area contributed by atoms with E-state index < -0.39 is 23.6 Å². The van der Waals surface area contributed by atoms with E-state index in [9.17, 15) is 14.7 Å². The number of carbonyl (C=O) groups is 2. The molecule has 0 spiro atoms. The molecule has 0 aliphatic carbocycles. The summed E-state index contributed by atoms with van der Waals surface area (Å²) in [5, 5.41) is 12.3. The van der Waals surface area contributed by atoms with E-state index in [4.69, 9.17) is 22.1 Å². The molecule has 1 aromatic heterocycles. The predicted octanol–water partition coefficient (Wildman–Crippen LogP) is 3.52. The quantitative estimate of drug-likeness (QED) is 0.539. The number of aromatic nitrogens is 1. The van der Waals surface area contributed by atoms with Gasteiger partial charge in [-0.05, 0) is 50.6 Å². The number of carboxylic acid groups (broad SMARTS) is 1. The Hall–Kier alpha value is -2.64. The van der Waals surface area contributed by atoms with Gasteiger partial charge in [-0.1, -0.05) is 23.7 Å². The monoisotopic (exact) mass is 377 g/mol. The van der Waals surface area contributed by atoms with Crippen LogP contribution in [0.25, 0.3) is 0 Å². The van der Waals surface area contributed by atoms with Crippen LogP contribution in [0.15, 0.2) is 36.4 Å². The summed E-state index contributed by atoms with van der Waals surface area (Å²) in [6, 6.07) is 8.47. The minimum Gasteiger partial charge on any atom is -0.478 e. The number of hydrogen-bond acceptors (Lipinski definition) is 6. The normalized spacial score (nSPS) is 12.3. The Morgan fingerprint density at radius 3 is 2.58 bits per heavy atom. The summed E-state index contributed by atoms with van der Waals surface area (Å²) >= 11 is 5.85. The van der Waals surface area contributed by atoms with Gasteiger partial charge in [0.2, 0.25) is 0 Å². The molecule has 0 amide bonds. The largest absolute Gasteiger partial charge is 0.478 e. The van der Waals surface area contributed by atoms with Crippen LogP contribution in [0.2, 0.25) is 5.15 Å². The first-order valence-corrected chi connectivity index (χ1v) is 8.20. The lowest BCUT2D eigenvalue weighted by atomic mass is 10.1. The molecule has 8 heteroatoms. The van der Waals surface area contributed by atoms with Gasteiger partial charge in [0.25, 0.3) is 0 Å². The highest BCUT2D eigenvalue weighted by molar-refractivity contribution is 6.29. The van der Waals surface area contributed by atoms with Crippen LogP contribution >= 0.6 is 11.6 Å². The second-order valence-electron chi connectivity index (χ2n) is 6.60. The van der Waals surface area contributed by atoms with E-state index in [1.807, 2.05) is 0 Å². The van der Waals surface area contributed by atoms with Crippen molar-refractivity contribution in [3.05, 3.63) is 52.7 Å². The predicted molar refractivity (Wildman–Crippen MR) is 98.7 cm³/mol. The molecule has 4 N–H and O–H groups in total. The van der Waals surface area contributed by atoms with E-state index in [0.29, 0.717) is 11.3 Å². The second-order valence-corrected chi connectivity index (χ2v) is 6.98. The summed E-state index contributed by atoms with van der Waals surface area (Å²) in [4.78, 5) is 27.5. The molecule has 0 saturated carbocycles. The van der Waals surface area contributed by atoms with Crippen molar-refractivity contribution in [1.29, 1.82) is 0 Å². The number of nitrogens with zero attached hydrogens (tertiary/aromatic N) is 1. The van der Waals surface area contributed by atoms with Crippen molar-refractivity contribution >= 4 is 35.0 Å². The number of nitrogens with two attached hydrogens (primary N) is 1. The van der Waals surface area contributed by atoms with Crippen molar-refractivity contribution in [2.24, 2.45) is 5.73 Å². The number of aromatic carboxylic acids is 1. The highest BCUT2D eigenvalue weighted by Gasteiger charge is 2.23. The summed E-state index contributed by atoms with van der Waals surface area (Å²) in [5.74, 6) is -1.60. The van der Waals surface area contributed by atoms with Gasteiger partial charge in [0.15, 0.2) is 0 Å². The first-order chi connectivity index (χ1) is 12.1. The van der Waals surface area contributed by atoms with Crippen LogP contribution in [-0.4, -0.2) is 27.6 Å². The number of halogens is 1. The third-order valence-electron chi connectivity index (χ3n) is 3.26. The molecule has 138 valence electrons. The Kier molecular flexibility index (Phi) is 5.84. The highest BCUT2D eigenvalue weighted by Crippen LogP contribution is 2.24. The van der Waals surface area contributed by atoms with Crippen LogP contribution in [0.1, 0.15) is 42.7 Å². The molecule has 0 radical (unpaired) electrons. The first-order valence-electron chi connectivity index (χ1n) is 7.82. The van der Waals surface area contributed by atoms with E-state index in [1.165, 1.54) is 12.1 Å². The number of carbonyl (C=O) groups excluding carboxylic acids is 1. The smallest absolute Gasteiger partial charge is 0.339 e. The Labute approximate surface area is 156 Å². The maximum Gasteiger partial charge on any atom is 0.339 e. The molecule has 0 bridgehead atoms. The lowest BCUT2D eigenvalue weighted by molar-refractivity contribution is -0.156. The SMILES string of the molecule is CC(C)(C)OC(=O)C(N)c1cccc(Nc2nc(Cl)ccc2C(=O)O)c1. The highest BCUT2D eigenvalue weighted by atomic mass is 35.5. The molecule has 0 aliphatic heterocycles. The van der Waals surface area contributed by atoms with E-state index >= 15 is 0 Å². The number of esters is 1. The average Bonchev–Trinajstić information content (AvgIpc) is 2.52. The molecule has 1 aromatic carbocycles. The van der Waals surface area contributed by atoms with Gasteiger partial charge >= 0.3 is 11.9 Å². The molecule has 1 atom stereocenters. The number of pyridine rings is 1. The molecule has 2 aromatic rings. The van der Waals surface area contributed by atoms with Crippen LogP contribution in [0.4, 0.5) is 11.5 Å². The van der Waals surface area contributed by atoms with Crippen LogP contribution < -0.4 is 11.1 Å². The molecular formula is C18H20ClN3O4. The first kappa shape index (κ1) is 19.7. The van der Waals surface area contributed by atoms with Crippen LogP contribution in [0, 0.1) is 0 Å². The van der Waals surface area contributed by atoms with Crippen molar-refractivity contribution in [2.75, 3.05) is 5.32 Å². The third-order valence-corrected chi connectivity index (χ3v) is 3.47. The van der Waals surface area contributed by atoms with Crippen LogP contribution in [0.3, 0.4) is 0 Å². The lowest BCUT2D eigenvalue weighted by Crippen LogP contribution is -2.31. The zero-order chi connectivity index (χ0) is 19.5. The molecule has 0 fully saturated rings. The Bertz CT molecular complexity index is 833. The zero-order valence-electron chi connectivity index (χ0n) is 14.6. The van der Waals surface area contributed by atoms with Gasteiger partial charge in [-0.2, -0.15) is 0 Å². The standard InChI is InChI=1S/C18H20ClN3O4/c1-18(2,3)26-17(25)14(20)10-5-4-6-11(9-10)21-15-12(16(23)24)7-8-13(19)22-15/h4-9,14H,20H2,1-3H3,(H,21,22)(H,23,24). The molecule has 1 unspecified atom stereocenters. The Morgan fingerprint density at radius 1 is 1.27 bits per heavy atom. The second kappa shape index (κ2) is 7.72. The number of anilines is 2. The van der Waals surface area contributed by atoms with Gasteiger partial charge in [-0.15, -0.1) is 0 Å². The molecule has 26 heavy (non-hydrogen) atoms. The summed E-state index contributed by atoms with van der Waals surface area (Å²) < 4.78 is 5.29. The van der Waals surface area contributed by atoms with Gasteiger partial charge in [0.1, 0.15) is 28.2 Å². The minimum atomic E-state index is -1.14. The summed E-state index contributed by atoms with van der Waals surface area (Å²) in [6.45, 7) is 5.27. The van der Waals surface area contributed by atoms with Crippen molar-refractivity contribution in [3.63, 3.8) is 0 Å². The number of rotatable bonds is 5. The lowest BCUT2D eigenvalue weighted by Gasteiger charge is -2.22. The Balaban J connectivity index is 2.26. The Morgan fingerprint density at radius 2 is 1.96 bits per heavy atom. The van der Waals surface area contributed by atoms with Crippen LogP contribution in [0.5, 0.6) is 0 Å². The van der Waals surface area contributed by atoms with Gasteiger partial charge in [0, 0.05) is 5.69 Å². The maximum atomic E-state index is 12.1. The van der Waals surface area contributed by atoms with Crippen molar-refractivity contribution in [1.82, 2.24) is 4.98 Å². The molecular weight excluding hydrogens is 358 g/mol. The summed E-state index contributed by atoms with van der Waals surface area (Å²) in [6.07, 6.45) is 0. The molecule has 0 saturated heterocycles. The van der Waals surface area contributed by atoms with E-state index in [2.05, 4.69) is 10.3 Å². The van der Waals surface area contributed by atoms with Gasteiger partial charge in [-0.25, -0.2) is 14.6 Å². The number of nitrogens with one attached hydrogen (secondary N) is 1.